The van der Waals surface area contributed by atoms with Crippen LogP contribution in [0.25, 0.3) is 11.1 Å². The van der Waals surface area contributed by atoms with Gasteiger partial charge in [-0.05, 0) is 84.0 Å². The van der Waals surface area contributed by atoms with Gasteiger partial charge in [-0.3, -0.25) is 4.79 Å². The predicted molar refractivity (Wildman–Crippen MR) is 120 cm³/mol. The molecule has 5 nitrogen and oxygen atoms in total. The molecule has 5 heteroatoms. The molecular weight excluding hydrogens is 390 g/mol. The summed E-state index contributed by atoms with van der Waals surface area (Å²) in [5.41, 5.74) is 5.51. The van der Waals surface area contributed by atoms with E-state index in [9.17, 15) is 15.0 Å². The zero-order valence-corrected chi connectivity index (χ0v) is 17.7. The Morgan fingerprint density at radius 2 is 1.81 bits per heavy atom. The van der Waals surface area contributed by atoms with Crippen molar-refractivity contribution in [2.24, 2.45) is 0 Å². The zero-order chi connectivity index (χ0) is 21.8. The van der Waals surface area contributed by atoms with Gasteiger partial charge < -0.3 is 19.8 Å². The largest absolute Gasteiger partial charge is 0.504 e. The van der Waals surface area contributed by atoms with E-state index >= 15 is 0 Å². The Morgan fingerprint density at radius 3 is 2.55 bits per heavy atom. The van der Waals surface area contributed by atoms with Gasteiger partial charge in [-0.15, -0.1) is 0 Å². The van der Waals surface area contributed by atoms with Crippen molar-refractivity contribution in [2.45, 2.75) is 31.6 Å². The molecule has 3 aromatic rings. The molecule has 1 amide bonds. The molecule has 1 saturated carbocycles. The summed E-state index contributed by atoms with van der Waals surface area (Å²) in [6, 6.07) is 17.0. The monoisotopic (exact) mass is 415 g/mol. The highest BCUT2D eigenvalue weighted by atomic mass is 16.5. The summed E-state index contributed by atoms with van der Waals surface area (Å²) in [7, 11) is 1.80. The third-order valence-electron chi connectivity index (χ3n) is 6.60. The molecule has 0 aromatic heterocycles. The quantitative estimate of drug-likeness (QED) is 0.606. The number of benzene rings is 3. The molecule has 0 spiro atoms. The van der Waals surface area contributed by atoms with Crippen LogP contribution in [0.1, 0.15) is 29.5 Å². The van der Waals surface area contributed by atoms with Crippen molar-refractivity contribution in [1.29, 1.82) is 0 Å². The van der Waals surface area contributed by atoms with E-state index in [1.807, 2.05) is 18.2 Å². The number of phenols is 2. The Hall–Kier alpha value is -3.47. The van der Waals surface area contributed by atoms with E-state index in [0.29, 0.717) is 0 Å². The number of aryl methyl sites for hydroxylation is 1. The summed E-state index contributed by atoms with van der Waals surface area (Å²) in [4.78, 5) is 15.2. The number of phenolic OH excluding ortho intramolecular Hbond substituents is 2. The van der Waals surface area contributed by atoms with Gasteiger partial charge in [0, 0.05) is 19.2 Å². The Kier molecular flexibility index (Phi) is 4.43. The van der Waals surface area contributed by atoms with Crippen molar-refractivity contribution in [3.05, 3.63) is 71.3 Å². The number of amides is 1. The van der Waals surface area contributed by atoms with E-state index in [1.54, 1.807) is 18.0 Å². The standard InChI is InChI=1S/C26H25NO4/c1-16-3-6-20(15-21(16)17-4-8-24-18(13-17)9-12-31-24)27(2)25(30)26(10-11-26)19-5-7-22(28)23(29)14-19/h3-8,13-15,28-29H,9-12H2,1-2H3. The third-order valence-corrected chi connectivity index (χ3v) is 6.60. The average Bonchev–Trinajstić information content (AvgIpc) is 3.45. The summed E-state index contributed by atoms with van der Waals surface area (Å²) in [5.74, 6) is 0.577. The topological polar surface area (TPSA) is 70.0 Å². The fourth-order valence-corrected chi connectivity index (χ4v) is 4.49. The normalized spacial score (nSPS) is 15.8. The third kappa shape index (κ3) is 3.21. The van der Waals surface area contributed by atoms with E-state index < -0.39 is 5.41 Å². The first kappa shape index (κ1) is 19.5. The van der Waals surface area contributed by atoms with Crippen molar-refractivity contribution in [3.63, 3.8) is 0 Å². The van der Waals surface area contributed by atoms with E-state index in [2.05, 4.69) is 25.1 Å². The Balaban J connectivity index is 1.47. The van der Waals surface area contributed by atoms with Crippen LogP contribution < -0.4 is 9.64 Å². The van der Waals surface area contributed by atoms with Crippen LogP contribution in [0.2, 0.25) is 0 Å². The molecule has 0 unspecified atom stereocenters. The molecule has 3 aromatic carbocycles. The van der Waals surface area contributed by atoms with Gasteiger partial charge in [-0.1, -0.05) is 18.2 Å². The van der Waals surface area contributed by atoms with E-state index in [0.717, 1.165) is 59.6 Å². The summed E-state index contributed by atoms with van der Waals surface area (Å²) in [6.07, 6.45) is 2.37. The summed E-state index contributed by atoms with van der Waals surface area (Å²) in [5, 5.41) is 19.5. The zero-order valence-electron chi connectivity index (χ0n) is 17.7. The maximum atomic E-state index is 13.5. The van der Waals surface area contributed by atoms with Crippen LogP contribution in [0.15, 0.2) is 54.6 Å². The first-order valence-corrected chi connectivity index (χ1v) is 10.6. The lowest BCUT2D eigenvalue weighted by molar-refractivity contribution is -0.120. The SMILES string of the molecule is Cc1ccc(N(C)C(=O)C2(c3ccc(O)c(O)c3)CC2)cc1-c1ccc2c(c1)CCO2. The Bertz CT molecular complexity index is 1200. The molecule has 158 valence electrons. The molecule has 0 saturated heterocycles. The van der Waals surface area contributed by atoms with Gasteiger partial charge in [0.1, 0.15) is 5.75 Å². The van der Waals surface area contributed by atoms with Crippen LogP contribution in [-0.2, 0) is 16.6 Å². The minimum Gasteiger partial charge on any atom is -0.504 e. The molecule has 1 heterocycles. The fraction of sp³-hybridized carbons (Fsp3) is 0.269. The molecule has 0 bridgehead atoms. The molecule has 1 aliphatic heterocycles. The van der Waals surface area contributed by atoms with Crippen LogP contribution in [0.5, 0.6) is 17.2 Å². The lowest BCUT2D eigenvalue weighted by Gasteiger charge is -2.25. The second-order valence-electron chi connectivity index (χ2n) is 8.57. The van der Waals surface area contributed by atoms with Crippen molar-refractivity contribution < 1.29 is 19.7 Å². The number of aromatic hydroxyl groups is 2. The summed E-state index contributed by atoms with van der Waals surface area (Å²) in [6.45, 7) is 2.80. The molecule has 31 heavy (non-hydrogen) atoms. The van der Waals surface area contributed by atoms with Gasteiger partial charge in [0.05, 0.1) is 12.0 Å². The van der Waals surface area contributed by atoms with E-state index in [4.69, 9.17) is 4.74 Å². The lowest BCUT2D eigenvalue weighted by atomic mass is 9.93. The Labute approximate surface area is 181 Å². The van der Waals surface area contributed by atoms with Crippen molar-refractivity contribution in [2.75, 3.05) is 18.6 Å². The van der Waals surface area contributed by atoms with Crippen LogP contribution in [0.3, 0.4) is 0 Å². The van der Waals surface area contributed by atoms with Crippen molar-refractivity contribution >= 4 is 11.6 Å². The molecule has 0 radical (unpaired) electrons. The van der Waals surface area contributed by atoms with Gasteiger partial charge in [-0.25, -0.2) is 0 Å². The number of anilines is 1. The minimum absolute atomic E-state index is 0.00486. The Morgan fingerprint density at radius 1 is 1.00 bits per heavy atom. The molecule has 2 N–H and O–H groups in total. The molecule has 5 rings (SSSR count). The van der Waals surface area contributed by atoms with Gasteiger partial charge in [-0.2, -0.15) is 0 Å². The highest BCUT2D eigenvalue weighted by Gasteiger charge is 2.53. The van der Waals surface area contributed by atoms with Crippen molar-refractivity contribution in [1.82, 2.24) is 0 Å². The number of nitrogens with zero attached hydrogens (tertiary/aromatic N) is 1. The van der Waals surface area contributed by atoms with Gasteiger partial charge in [0.15, 0.2) is 11.5 Å². The molecule has 1 aliphatic carbocycles. The fourth-order valence-electron chi connectivity index (χ4n) is 4.49. The second kappa shape index (κ2) is 7.05. The number of hydrogen-bond acceptors (Lipinski definition) is 4. The maximum absolute atomic E-state index is 13.5. The number of likely N-dealkylation sites (N-methyl/N-ethyl adjacent to an activating group) is 1. The summed E-state index contributed by atoms with van der Waals surface area (Å²) < 4.78 is 5.63. The first-order chi connectivity index (χ1) is 14.9. The maximum Gasteiger partial charge on any atom is 0.237 e. The highest BCUT2D eigenvalue weighted by molar-refractivity contribution is 6.03. The lowest BCUT2D eigenvalue weighted by Crippen LogP contribution is -2.36. The van der Waals surface area contributed by atoms with Gasteiger partial charge in [0.2, 0.25) is 5.91 Å². The number of carbonyl (C=O) groups excluding carboxylic acids is 1. The molecule has 0 atom stereocenters. The molecule has 2 aliphatic rings. The minimum atomic E-state index is -0.643. The number of hydrogen-bond donors (Lipinski definition) is 2. The first-order valence-electron chi connectivity index (χ1n) is 10.6. The summed E-state index contributed by atoms with van der Waals surface area (Å²) >= 11 is 0. The molecule has 1 fully saturated rings. The van der Waals surface area contributed by atoms with Crippen LogP contribution in [0.4, 0.5) is 5.69 Å². The number of fused-ring (bicyclic) bond motifs is 1. The van der Waals surface area contributed by atoms with Gasteiger partial charge in [0.25, 0.3) is 0 Å². The average molecular weight is 415 g/mol. The van der Waals surface area contributed by atoms with Crippen LogP contribution in [-0.4, -0.2) is 29.8 Å². The molecular formula is C26H25NO4. The number of rotatable bonds is 4. The predicted octanol–water partition coefficient (Wildman–Crippen LogP) is 4.70. The highest BCUT2D eigenvalue weighted by Crippen LogP contribution is 2.51. The van der Waals surface area contributed by atoms with Crippen LogP contribution >= 0.6 is 0 Å². The van der Waals surface area contributed by atoms with Crippen LogP contribution in [0, 0.1) is 6.92 Å². The number of carbonyl (C=O) groups is 1. The second-order valence-corrected chi connectivity index (χ2v) is 8.57. The number of ether oxygens (including phenoxy) is 1. The van der Waals surface area contributed by atoms with E-state index in [-0.39, 0.29) is 17.4 Å². The van der Waals surface area contributed by atoms with Gasteiger partial charge >= 0.3 is 0 Å². The van der Waals surface area contributed by atoms with E-state index in [1.165, 1.54) is 17.7 Å². The smallest absolute Gasteiger partial charge is 0.237 e. The van der Waals surface area contributed by atoms with Crippen molar-refractivity contribution in [3.8, 4) is 28.4 Å².